The van der Waals surface area contributed by atoms with Gasteiger partial charge in [-0.15, -0.1) is 0 Å². The number of guanidine groups is 1. The monoisotopic (exact) mass is 529 g/mol. The molecule has 0 fully saturated rings. The van der Waals surface area contributed by atoms with Crippen LogP contribution in [0.5, 0.6) is 0 Å². The van der Waals surface area contributed by atoms with E-state index in [9.17, 15) is 29.1 Å². The molecule has 0 rings (SSSR count). The van der Waals surface area contributed by atoms with Crippen LogP contribution in [0.3, 0.4) is 0 Å². The van der Waals surface area contributed by atoms with Gasteiger partial charge in [0.25, 0.3) is 0 Å². The van der Waals surface area contributed by atoms with Gasteiger partial charge in [0, 0.05) is 13.0 Å². The van der Waals surface area contributed by atoms with Crippen molar-refractivity contribution in [1.29, 1.82) is 0 Å². The van der Waals surface area contributed by atoms with Crippen molar-refractivity contribution in [2.24, 2.45) is 34.0 Å². The van der Waals surface area contributed by atoms with Gasteiger partial charge in [-0.3, -0.25) is 24.2 Å². The van der Waals surface area contributed by atoms with Crippen LogP contribution in [0.4, 0.5) is 0 Å². The van der Waals surface area contributed by atoms with E-state index in [4.69, 9.17) is 22.3 Å². The van der Waals surface area contributed by atoms with Gasteiger partial charge in [0.2, 0.25) is 17.7 Å². The minimum atomic E-state index is -1.28. The molecule has 0 aliphatic carbocycles. The Morgan fingerprint density at radius 2 is 1.35 bits per heavy atom. The molecule has 11 N–H and O–H groups in total. The van der Waals surface area contributed by atoms with Crippen LogP contribution < -0.4 is 33.2 Å². The number of rotatable bonds is 18. The minimum Gasteiger partial charge on any atom is -0.481 e. The van der Waals surface area contributed by atoms with Gasteiger partial charge in [-0.25, -0.2) is 4.79 Å². The lowest BCUT2D eigenvalue weighted by Gasteiger charge is -2.29. The Morgan fingerprint density at radius 1 is 0.811 bits per heavy atom. The van der Waals surface area contributed by atoms with E-state index in [-0.39, 0.29) is 37.2 Å². The summed E-state index contributed by atoms with van der Waals surface area (Å²) < 4.78 is 0. The van der Waals surface area contributed by atoms with Crippen LogP contribution in [0.25, 0.3) is 0 Å². The number of carbonyl (C=O) groups is 5. The predicted molar refractivity (Wildman–Crippen MR) is 137 cm³/mol. The van der Waals surface area contributed by atoms with Crippen LogP contribution in [0.15, 0.2) is 4.99 Å². The van der Waals surface area contributed by atoms with Gasteiger partial charge >= 0.3 is 11.9 Å². The van der Waals surface area contributed by atoms with Gasteiger partial charge < -0.3 is 43.4 Å². The number of aliphatic carboxylic acids is 2. The summed E-state index contributed by atoms with van der Waals surface area (Å²) in [5.41, 5.74) is 16.4. The van der Waals surface area contributed by atoms with E-state index in [0.717, 1.165) is 0 Å². The summed E-state index contributed by atoms with van der Waals surface area (Å²) >= 11 is 0. The second-order valence-electron chi connectivity index (χ2n) is 9.13. The average molecular weight is 530 g/mol. The molecule has 0 aliphatic rings. The average Bonchev–Trinajstić information content (AvgIpc) is 2.83. The summed E-state index contributed by atoms with van der Waals surface area (Å²) in [4.78, 5) is 65.2. The number of hydrogen-bond donors (Lipinski definition) is 8. The van der Waals surface area contributed by atoms with Crippen molar-refractivity contribution in [2.45, 2.75) is 90.4 Å². The second kappa shape index (κ2) is 17.1. The van der Waals surface area contributed by atoms with E-state index in [0.29, 0.717) is 19.3 Å². The molecule has 0 heterocycles. The number of carbonyl (C=O) groups excluding carboxylic acids is 3. The molecule has 14 nitrogen and oxygen atoms in total. The Bertz CT molecular complexity index is 817. The Hall–Kier alpha value is -3.42. The number of nitrogens with two attached hydrogens (primary N) is 3. The van der Waals surface area contributed by atoms with Gasteiger partial charge in [0.05, 0.1) is 6.04 Å². The second-order valence-corrected chi connectivity index (χ2v) is 9.13. The highest BCUT2D eigenvalue weighted by Gasteiger charge is 2.34. The van der Waals surface area contributed by atoms with Crippen LogP contribution in [-0.4, -0.2) is 76.5 Å². The Balaban J connectivity index is 5.57. The lowest BCUT2D eigenvalue weighted by Crippen LogP contribution is -2.59. The lowest BCUT2D eigenvalue weighted by molar-refractivity contribution is -0.144. The normalized spacial score (nSPS) is 15.7. The van der Waals surface area contributed by atoms with E-state index in [1.165, 1.54) is 0 Å². The van der Waals surface area contributed by atoms with Crippen molar-refractivity contribution >= 4 is 35.6 Å². The van der Waals surface area contributed by atoms with Gasteiger partial charge in [-0.2, -0.15) is 0 Å². The fourth-order valence-electron chi connectivity index (χ4n) is 3.35. The number of nitrogens with zero attached hydrogens (tertiary/aromatic N) is 1. The third kappa shape index (κ3) is 12.9. The van der Waals surface area contributed by atoms with Gasteiger partial charge in [0.1, 0.15) is 18.1 Å². The molecule has 0 aromatic heterocycles. The van der Waals surface area contributed by atoms with E-state index < -0.39 is 60.2 Å². The number of carboxylic acids is 2. The van der Waals surface area contributed by atoms with Crippen molar-refractivity contribution in [1.82, 2.24) is 16.0 Å². The number of nitrogens with one attached hydrogen (secondary N) is 3. The Labute approximate surface area is 217 Å². The maximum Gasteiger partial charge on any atom is 0.326 e. The quantitative estimate of drug-likeness (QED) is 0.0601. The standard InChI is InChI=1S/C23H43N7O7/c1-5-12(3)17(21(35)30-18(22(36)37)13(4)6-2)29-20(34)15(9-10-16(31)32)28-19(33)14(24)8-7-11-27-23(25)26/h12-15,17-18H,5-11,24H2,1-4H3,(H,28,33)(H,29,34)(H,30,35)(H,31,32)(H,36,37)(H4,25,26,27). The van der Waals surface area contributed by atoms with Crippen LogP contribution >= 0.6 is 0 Å². The van der Waals surface area contributed by atoms with Crippen molar-refractivity contribution in [3.63, 3.8) is 0 Å². The van der Waals surface area contributed by atoms with E-state index in [1.807, 2.05) is 0 Å². The molecule has 14 heteroatoms. The third-order valence-corrected chi connectivity index (χ3v) is 6.15. The fourth-order valence-corrected chi connectivity index (χ4v) is 3.35. The molecular weight excluding hydrogens is 486 g/mol. The first kappa shape index (κ1) is 33.6. The molecule has 0 saturated heterocycles. The molecule has 37 heavy (non-hydrogen) atoms. The first-order chi connectivity index (χ1) is 17.2. The summed E-state index contributed by atoms with van der Waals surface area (Å²) in [6.07, 6.45) is 0.926. The molecule has 6 atom stereocenters. The number of hydrogen-bond acceptors (Lipinski definition) is 7. The molecule has 0 aliphatic heterocycles. The zero-order valence-corrected chi connectivity index (χ0v) is 22.0. The minimum absolute atomic E-state index is 0.0952. The molecule has 0 bridgehead atoms. The maximum absolute atomic E-state index is 13.1. The number of aliphatic imine (C=N–C) groups is 1. The van der Waals surface area contributed by atoms with Crippen molar-refractivity contribution in [3.05, 3.63) is 0 Å². The molecular formula is C23H43N7O7. The summed E-state index contributed by atoms with van der Waals surface area (Å²) in [6, 6.07) is -4.55. The third-order valence-electron chi connectivity index (χ3n) is 6.15. The van der Waals surface area contributed by atoms with Crippen LogP contribution in [0.2, 0.25) is 0 Å². The Morgan fingerprint density at radius 3 is 1.84 bits per heavy atom. The Kier molecular flexibility index (Phi) is 15.5. The van der Waals surface area contributed by atoms with Gasteiger partial charge in [-0.1, -0.05) is 40.5 Å². The molecule has 212 valence electrons. The molecule has 0 radical (unpaired) electrons. The van der Waals surface area contributed by atoms with Crippen LogP contribution in [0, 0.1) is 11.8 Å². The molecule has 6 unspecified atom stereocenters. The number of carboxylic acid groups (broad SMARTS) is 2. The zero-order chi connectivity index (χ0) is 28.7. The first-order valence-corrected chi connectivity index (χ1v) is 12.4. The van der Waals surface area contributed by atoms with E-state index >= 15 is 0 Å². The summed E-state index contributed by atoms with van der Waals surface area (Å²) in [6.45, 7) is 7.24. The SMILES string of the molecule is CCC(C)C(NC(=O)C(NC(=O)C(CCC(=O)O)NC(=O)C(N)CCCN=C(N)N)C(C)CC)C(=O)O. The van der Waals surface area contributed by atoms with E-state index in [2.05, 4.69) is 20.9 Å². The van der Waals surface area contributed by atoms with Crippen molar-refractivity contribution in [3.8, 4) is 0 Å². The molecule has 0 spiro atoms. The lowest BCUT2D eigenvalue weighted by atomic mass is 9.95. The molecule has 0 saturated carbocycles. The largest absolute Gasteiger partial charge is 0.481 e. The highest BCUT2D eigenvalue weighted by molar-refractivity contribution is 5.94. The molecule has 0 aromatic carbocycles. The van der Waals surface area contributed by atoms with Crippen LogP contribution in [0.1, 0.15) is 66.2 Å². The van der Waals surface area contributed by atoms with Crippen molar-refractivity contribution in [2.75, 3.05) is 6.54 Å². The highest BCUT2D eigenvalue weighted by Crippen LogP contribution is 2.13. The fraction of sp³-hybridized carbons (Fsp3) is 0.739. The smallest absolute Gasteiger partial charge is 0.326 e. The maximum atomic E-state index is 13.1. The summed E-state index contributed by atoms with van der Waals surface area (Å²) in [7, 11) is 0. The topological polar surface area (TPSA) is 252 Å². The zero-order valence-electron chi connectivity index (χ0n) is 22.0. The first-order valence-electron chi connectivity index (χ1n) is 12.4. The highest BCUT2D eigenvalue weighted by atomic mass is 16.4. The molecule has 3 amide bonds. The van der Waals surface area contributed by atoms with Gasteiger partial charge in [0.15, 0.2) is 5.96 Å². The van der Waals surface area contributed by atoms with Crippen LogP contribution in [-0.2, 0) is 24.0 Å². The molecule has 0 aromatic rings. The summed E-state index contributed by atoms with van der Waals surface area (Å²) in [5, 5.41) is 26.1. The predicted octanol–water partition coefficient (Wildman–Crippen LogP) is -1.14. The number of amides is 3. The summed E-state index contributed by atoms with van der Waals surface area (Å²) in [5.74, 6) is -5.35. The van der Waals surface area contributed by atoms with E-state index in [1.54, 1.807) is 27.7 Å². The van der Waals surface area contributed by atoms with Crippen molar-refractivity contribution < 1.29 is 34.2 Å². The van der Waals surface area contributed by atoms with Gasteiger partial charge in [-0.05, 0) is 31.1 Å².